The number of nitrogens with zero attached hydrogens (tertiary/aromatic N) is 1. The van der Waals surface area contributed by atoms with Gasteiger partial charge in [-0.05, 0) is 12.7 Å². The lowest BCUT2D eigenvalue weighted by molar-refractivity contribution is 0.756. The van der Waals surface area contributed by atoms with Crippen molar-refractivity contribution in [3.63, 3.8) is 0 Å². The summed E-state index contributed by atoms with van der Waals surface area (Å²) in [5.41, 5.74) is 0. The minimum Gasteiger partial charge on any atom is -0.356 e. The van der Waals surface area contributed by atoms with Crippen LogP contribution in [-0.2, 0) is 0 Å². The van der Waals surface area contributed by atoms with Crippen LogP contribution in [-0.4, -0.2) is 37.1 Å². The monoisotopic (exact) mass is 187 g/mol. The topological polar surface area (TPSA) is 36.4 Å². The van der Waals surface area contributed by atoms with Crippen LogP contribution < -0.4 is 10.6 Å². The molecule has 0 bridgehead atoms. The molecular formula is C8H17N3S. The summed E-state index contributed by atoms with van der Waals surface area (Å²) in [5.74, 6) is 0.975. The molecule has 1 aliphatic rings. The molecule has 1 atom stereocenters. The van der Waals surface area contributed by atoms with E-state index in [0.717, 1.165) is 30.8 Å². The molecule has 0 aromatic rings. The van der Waals surface area contributed by atoms with E-state index in [1.54, 1.807) is 0 Å². The van der Waals surface area contributed by atoms with E-state index < -0.39 is 0 Å². The van der Waals surface area contributed by atoms with E-state index in [9.17, 15) is 0 Å². The van der Waals surface area contributed by atoms with E-state index in [1.807, 2.05) is 11.8 Å². The molecule has 0 fully saturated rings. The average Bonchev–Trinajstić information content (AvgIpc) is 2.57. The van der Waals surface area contributed by atoms with Crippen LogP contribution in [0.5, 0.6) is 0 Å². The summed E-state index contributed by atoms with van der Waals surface area (Å²) in [6.45, 7) is 5.17. The van der Waals surface area contributed by atoms with E-state index in [-0.39, 0.29) is 0 Å². The van der Waals surface area contributed by atoms with E-state index in [2.05, 4.69) is 28.8 Å². The second-order valence-corrected chi connectivity index (χ2v) is 4.20. The molecule has 1 rings (SSSR count). The Morgan fingerprint density at radius 3 is 3.17 bits per heavy atom. The number of thioether (sulfide) groups is 1. The fourth-order valence-electron chi connectivity index (χ4n) is 1.03. The van der Waals surface area contributed by atoms with Crippen molar-refractivity contribution < 1.29 is 0 Å². The maximum atomic E-state index is 4.25. The molecule has 0 spiro atoms. The SMILES string of the molecule is CSC(C)CCNC1=NCCN1. The molecule has 70 valence electrons. The van der Waals surface area contributed by atoms with Gasteiger partial charge in [-0.1, -0.05) is 6.92 Å². The van der Waals surface area contributed by atoms with Crippen LogP contribution in [0.15, 0.2) is 4.99 Å². The molecule has 2 N–H and O–H groups in total. The molecule has 0 saturated heterocycles. The van der Waals surface area contributed by atoms with Crippen LogP contribution in [0, 0.1) is 0 Å². The van der Waals surface area contributed by atoms with Gasteiger partial charge in [-0.3, -0.25) is 4.99 Å². The summed E-state index contributed by atoms with van der Waals surface area (Å²) >= 11 is 1.91. The smallest absolute Gasteiger partial charge is 0.191 e. The lowest BCUT2D eigenvalue weighted by atomic mass is 10.3. The van der Waals surface area contributed by atoms with E-state index in [1.165, 1.54) is 6.42 Å². The fraction of sp³-hybridized carbons (Fsp3) is 0.875. The summed E-state index contributed by atoms with van der Waals surface area (Å²) in [4.78, 5) is 4.25. The van der Waals surface area contributed by atoms with Gasteiger partial charge in [0.1, 0.15) is 0 Å². The first kappa shape index (κ1) is 9.71. The van der Waals surface area contributed by atoms with Crippen LogP contribution >= 0.6 is 11.8 Å². The Kier molecular flexibility index (Phi) is 4.29. The number of guanidine groups is 1. The van der Waals surface area contributed by atoms with Crippen molar-refractivity contribution in [2.24, 2.45) is 4.99 Å². The second kappa shape index (κ2) is 5.30. The molecule has 12 heavy (non-hydrogen) atoms. The Labute approximate surface area is 78.4 Å². The van der Waals surface area contributed by atoms with Gasteiger partial charge in [0.05, 0.1) is 6.54 Å². The zero-order chi connectivity index (χ0) is 8.81. The Morgan fingerprint density at radius 2 is 2.58 bits per heavy atom. The van der Waals surface area contributed by atoms with E-state index in [0.29, 0.717) is 0 Å². The third-order valence-corrected chi connectivity index (χ3v) is 2.96. The first-order valence-corrected chi connectivity index (χ1v) is 5.66. The molecule has 0 saturated carbocycles. The van der Waals surface area contributed by atoms with Crippen molar-refractivity contribution in [2.75, 3.05) is 25.9 Å². The maximum absolute atomic E-state index is 4.25. The summed E-state index contributed by atoms with van der Waals surface area (Å²) in [5, 5.41) is 7.19. The zero-order valence-electron chi connectivity index (χ0n) is 7.76. The van der Waals surface area contributed by atoms with Crippen molar-refractivity contribution in [3.05, 3.63) is 0 Å². The molecule has 0 radical (unpaired) electrons. The molecule has 0 amide bonds. The molecule has 1 unspecified atom stereocenters. The highest BCUT2D eigenvalue weighted by Crippen LogP contribution is 2.07. The predicted molar refractivity (Wildman–Crippen MR) is 55.9 cm³/mol. The lowest BCUT2D eigenvalue weighted by Crippen LogP contribution is -2.34. The molecule has 0 aromatic heterocycles. The minimum absolute atomic E-state index is 0.736. The molecule has 0 aromatic carbocycles. The predicted octanol–water partition coefficient (Wildman–Crippen LogP) is 0.677. The summed E-state index contributed by atoms with van der Waals surface area (Å²) in [7, 11) is 0. The van der Waals surface area contributed by atoms with Gasteiger partial charge in [-0.25, -0.2) is 0 Å². The van der Waals surface area contributed by atoms with Gasteiger partial charge in [-0.2, -0.15) is 11.8 Å². The number of rotatable bonds is 4. The number of aliphatic imine (C=N–C) groups is 1. The normalized spacial score (nSPS) is 18.3. The largest absolute Gasteiger partial charge is 0.356 e. The number of nitrogens with one attached hydrogen (secondary N) is 2. The Bertz CT molecular complexity index is 158. The molecule has 4 heteroatoms. The number of hydrogen-bond donors (Lipinski definition) is 2. The highest BCUT2D eigenvalue weighted by molar-refractivity contribution is 7.99. The Hall–Kier alpha value is -0.380. The van der Waals surface area contributed by atoms with Crippen LogP contribution in [0.1, 0.15) is 13.3 Å². The number of hydrogen-bond acceptors (Lipinski definition) is 4. The van der Waals surface area contributed by atoms with Gasteiger partial charge in [0, 0.05) is 18.3 Å². The second-order valence-electron chi connectivity index (χ2n) is 2.92. The average molecular weight is 187 g/mol. The molecule has 3 nitrogen and oxygen atoms in total. The molecule has 1 heterocycles. The van der Waals surface area contributed by atoms with Crippen LogP contribution in [0.4, 0.5) is 0 Å². The first-order valence-electron chi connectivity index (χ1n) is 4.38. The Balaban J connectivity index is 2.01. The van der Waals surface area contributed by atoms with Gasteiger partial charge < -0.3 is 10.6 Å². The third-order valence-electron chi connectivity index (χ3n) is 1.92. The molecule has 1 aliphatic heterocycles. The van der Waals surface area contributed by atoms with Crippen LogP contribution in [0.25, 0.3) is 0 Å². The van der Waals surface area contributed by atoms with E-state index >= 15 is 0 Å². The van der Waals surface area contributed by atoms with Gasteiger partial charge in [0.2, 0.25) is 0 Å². The van der Waals surface area contributed by atoms with Gasteiger partial charge in [0.25, 0.3) is 0 Å². The fourth-order valence-corrected chi connectivity index (χ4v) is 1.38. The van der Waals surface area contributed by atoms with Crippen molar-refractivity contribution in [1.82, 2.24) is 10.6 Å². The standard InChI is InChI=1S/C8H17N3S/c1-7(12-2)3-4-9-8-10-5-6-11-8/h7H,3-6H2,1-2H3,(H2,9,10,11). The molecule has 0 aliphatic carbocycles. The Morgan fingerprint density at radius 1 is 1.75 bits per heavy atom. The zero-order valence-corrected chi connectivity index (χ0v) is 8.58. The maximum Gasteiger partial charge on any atom is 0.191 e. The highest BCUT2D eigenvalue weighted by atomic mass is 32.2. The van der Waals surface area contributed by atoms with Crippen LogP contribution in [0.3, 0.4) is 0 Å². The van der Waals surface area contributed by atoms with Gasteiger partial charge >= 0.3 is 0 Å². The van der Waals surface area contributed by atoms with Crippen molar-refractivity contribution in [3.8, 4) is 0 Å². The summed E-state index contributed by atoms with van der Waals surface area (Å²) in [6, 6.07) is 0. The van der Waals surface area contributed by atoms with Gasteiger partial charge in [0.15, 0.2) is 5.96 Å². The quantitative estimate of drug-likeness (QED) is 0.679. The third kappa shape index (κ3) is 3.34. The van der Waals surface area contributed by atoms with Crippen LogP contribution in [0.2, 0.25) is 0 Å². The van der Waals surface area contributed by atoms with Gasteiger partial charge in [-0.15, -0.1) is 0 Å². The van der Waals surface area contributed by atoms with Crippen molar-refractivity contribution >= 4 is 17.7 Å². The van der Waals surface area contributed by atoms with E-state index in [4.69, 9.17) is 0 Å². The molecular weight excluding hydrogens is 170 g/mol. The van der Waals surface area contributed by atoms with Crippen molar-refractivity contribution in [1.29, 1.82) is 0 Å². The first-order chi connectivity index (χ1) is 5.83. The minimum atomic E-state index is 0.736. The summed E-state index contributed by atoms with van der Waals surface area (Å²) in [6.07, 6.45) is 3.35. The lowest BCUT2D eigenvalue weighted by Gasteiger charge is -2.09. The van der Waals surface area contributed by atoms with Crippen molar-refractivity contribution in [2.45, 2.75) is 18.6 Å². The highest BCUT2D eigenvalue weighted by Gasteiger charge is 2.04. The summed E-state index contributed by atoms with van der Waals surface area (Å²) < 4.78 is 0.